The summed E-state index contributed by atoms with van der Waals surface area (Å²) in [4.78, 5) is 14.9. The highest BCUT2D eigenvalue weighted by Gasteiger charge is 2.12. The standard InChI is InChI=1S/C12H17ClN2O2/c1-14(2)12(17)7-15(3)11-5-4-9(8-16)6-10(11)13/h4-6,16H,7-8H2,1-3H3. The summed E-state index contributed by atoms with van der Waals surface area (Å²) in [6.07, 6.45) is 0. The van der Waals surface area contributed by atoms with Crippen LogP contribution in [0, 0.1) is 0 Å². The molecule has 17 heavy (non-hydrogen) atoms. The lowest BCUT2D eigenvalue weighted by molar-refractivity contribution is -0.127. The van der Waals surface area contributed by atoms with Crippen molar-refractivity contribution in [3.8, 4) is 0 Å². The molecule has 0 unspecified atom stereocenters. The van der Waals surface area contributed by atoms with Gasteiger partial charge in [-0.3, -0.25) is 4.79 Å². The van der Waals surface area contributed by atoms with Gasteiger partial charge in [0.2, 0.25) is 5.91 Å². The molecule has 0 saturated carbocycles. The molecule has 1 aromatic rings. The first-order valence-electron chi connectivity index (χ1n) is 5.26. The van der Waals surface area contributed by atoms with Gasteiger partial charge >= 0.3 is 0 Å². The minimum absolute atomic E-state index is 0.00908. The average Bonchev–Trinajstić information content (AvgIpc) is 2.28. The highest BCUT2D eigenvalue weighted by molar-refractivity contribution is 6.33. The third kappa shape index (κ3) is 3.61. The summed E-state index contributed by atoms with van der Waals surface area (Å²) < 4.78 is 0. The molecule has 0 fully saturated rings. The number of carbonyl (C=O) groups excluding carboxylic acids is 1. The van der Waals surface area contributed by atoms with Crippen LogP contribution in [0.25, 0.3) is 0 Å². The van der Waals surface area contributed by atoms with Gasteiger partial charge in [0.05, 0.1) is 23.9 Å². The molecular formula is C12H17ClN2O2. The number of carbonyl (C=O) groups is 1. The number of hydrogen-bond donors (Lipinski definition) is 1. The average molecular weight is 257 g/mol. The van der Waals surface area contributed by atoms with Crippen LogP contribution in [0.4, 0.5) is 5.69 Å². The summed E-state index contributed by atoms with van der Waals surface area (Å²) in [6, 6.07) is 5.29. The van der Waals surface area contributed by atoms with E-state index in [1.165, 1.54) is 4.90 Å². The Morgan fingerprint density at radius 1 is 1.35 bits per heavy atom. The van der Waals surface area contributed by atoms with E-state index in [-0.39, 0.29) is 19.1 Å². The van der Waals surface area contributed by atoms with Crippen molar-refractivity contribution in [1.82, 2.24) is 4.90 Å². The topological polar surface area (TPSA) is 43.8 Å². The molecule has 1 rings (SSSR count). The number of hydrogen-bond acceptors (Lipinski definition) is 3. The number of benzene rings is 1. The quantitative estimate of drug-likeness (QED) is 0.885. The SMILES string of the molecule is CN(C)C(=O)CN(C)c1ccc(CO)cc1Cl. The van der Waals surface area contributed by atoms with E-state index in [2.05, 4.69) is 0 Å². The zero-order valence-electron chi connectivity index (χ0n) is 10.3. The molecule has 0 saturated heterocycles. The normalized spacial score (nSPS) is 10.2. The smallest absolute Gasteiger partial charge is 0.241 e. The number of aliphatic hydroxyl groups excluding tert-OH is 1. The number of amides is 1. The molecule has 0 atom stereocenters. The maximum Gasteiger partial charge on any atom is 0.241 e. The van der Waals surface area contributed by atoms with Crippen LogP contribution in [-0.4, -0.2) is 43.6 Å². The van der Waals surface area contributed by atoms with Crippen LogP contribution in [0.15, 0.2) is 18.2 Å². The van der Waals surface area contributed by atoms with Crippen LogP contribution in [0.1, 0.15) is 5.56 Å². The molecule has 0 aromatic heterocycles. The molecule has 0 radical (unpaired) electrons. The minimum Gasteiger partial charge on any atom is -0.392 e. The van der Waals surface area contributed by atoms with Gasteiger partial charge < -0.3 is 14.9 Å². The van der Waals surface area contributed by atoms with Crippen LogP contribution in [-0.2, 0) is 11.4 Å². The van der Waals surface area contributed by atoms with Gasteiger partial charge in [0.15, 0.2) is 0 Å². The second-order valence-corrected chi connectivity index (χ2v) is 4.50. The van der Waals surface area contributed by atoms with E-state index in [1.54, 1.807) is 44.2 Å². The maximum atomic E-state index is 11.6. The van der Waals surface area contributed by atoms with Crippen LogP contribution < -0.4 is 4.90 Å². The summed E-state index contributed by atoms with van der Waals surface area (Å²) in [5, 5.41) is 9.51. The molecule has 0 aliphatic carbocycles. The lowest BCUT2D eigenvalue weighted by Crippen LogP contribution is -2.34. The predicted octanol–water partition coefficient (Wildman–Crippen LogP) is 1.36. The summed E-state index contributed by atoms with van der Waals surface area (Å²) in [5.41, 5.74) is 1.53. The summed E-state index contributed by atoms with van der Waals surface area (Å²) in [7, 11) is 5.24. The minimum atomic E-state index is -0.0413. The Kier molecular flexibility index (Phi) is 4.78. The van der Waals surface area contributed by atoms with Gasteiger partial charge in [-0.25, -0.2) is 0 Å². The van der Waals surface area contributed by atoms with Crippen molar-refractivity contribution in [2.75, 3.05) is 32.6 Å². The van der Waals surface area contributed by atoms with Crippen molar-refractivity contribution in [1.29, 1.82) is 0 Å². The van der Waals surface area contributed by atoms with E-state index in [4.69, 9.17) is 16.7 Å². The molecule has 5 heteroatoms. The van der Waals surface area contributed by atoms with Gasteiger partial charge in [-0.2, -0.15) is 0 Å². The number of halogens is 1. The zero-order valence-corrected chi connectivity index (χ0v) is 11.0. The van der Waals surface area contributed by atoms with Gasteiger partial charge in [0.25, 0.3) is 0 Å². The number of anilines is 1. The third-order valence-corrected chi connectivity index (χ3v) is 2.78. The molecule has 1 aromatic carbocycles. The van der Waals surface area contributed by atoms with E-state index in [0.717, 1.165) is 11.3 Å². The molecular weight excluding hydrogens is 240 g/mol. The molecule has 0 spiro atoms. The summed E-state index contributed by atoms with van der Waals surface area (Å²) >= 11 is 6.09. The number of likely N-dealkylation sites (N-methyl/N-ethyl adjacent to an activating group) is 2. The van der Waals surface area contributed by atoms with Crippen molar-refractivity contribution >= 4 is 23.2 Å². The zero-order chi connectivity index (χ0) is 13.0. The van der Waals surface area contributed by atoms with E-state index < -0.39 is 0 Å². The van der Waals surface area contributed by atoms with Crippen LogP contribution >= 0.6 is 11.6 Å². The Morgan fingerprint density at radius 3 is 2.47 bits per heavy atom. The Bertz CT molecular complexity index is 407. The molecule has 0 aliphatic rings. The molecule has 1 N–H and O–H groups in total. The van der Waals surface area contributed by atoms with Crippen LogP contribution in [0.5, 0.6) is 0 Å². The van der Waals surface area contributed by atoms with Crippen molar-refractivity contribution in [3.05, 3.63) is 28.8 Å². The fraction of sp³-hybridized carbons (Fsp3) is 0.417. The van der Waals surface area contributed by atoms with Crippen LogP contribution in [0.3, 0.4) is 0 Å². The fourth-order valence-corrected chi connectivity index (χ4v) is 1.74. The van der Waals surface area contributed by atoms with Crippen molar-refractivity contribution in [2.45, 2.75) is 6.61 Å². The molecule has 0 aliphatic heterocycles. The predicted molar refractivity (Wildman–Crippen MR) is 69.3 cm³/mol. The Hall–Kier alpha value is -1.26. The van der Waals surface area contributed by atoms with Crippen molar-refractivity contribution in [3.63, 3.8) is 0 Å². The van der Waals surface area contributed by atoms with Gasteiger partial charge in [0.1, 0.15) is 0 Å². The van der Waals surface area contributed by atoms with E-state index in [1.807, 2.05) is 0 Å². The first kappa shape index (κ1) is 13.8. The van der Waals surface area contributed by atoms with E-state index >= 15 is 0 Å². The lowest BCUT2D eigenvalue weighted by atomic mass is 10.2. The van der Waals surface area contributed by atoms with Gasteiger partial charge in [-0.1, -0.05) is 17.7 Å². The molecule has 1 amide bonds. The Morgan fingerprint density at radius 2 is 2.00 bits per heavy atom. The Labute approximate surface area is 106 Å². The van der Waals surface area contributed by atoms with Crippen LogP contribution in [0.2, 0.25) is 5.02 Å². The molecule has 4 nitrogen and oxygen atoms in total. The second kappa shape index (κ2) is 5.89. The molecule has 0 heterocycles. The van der Waals surface area contributed by atoms with Gasteiger partial charge in [-0.05, 0) is 17.7 Å². The highest BCUT2D eigenvalue weighted by Crippen LogP contribution is 2.26. The largest absolute Gasteiger partial charge is 0.392 e. The molecule has 0 bridgehead atoms. The Balaban J connectivity index is 2.82. The van der Waals surface area contributed by atoms with Gasteiger partial charge in [0, 0.05) is 21.1 Å². The first-order valence-corrected chi connectivity index (χ1v) is 5.64. The first-order chi connectivity index (χ1) is 7.95. The summed E-state index contributed by atoms with van der Waals surface area (Å²) in [5.74, 6) is 0.00908. The van der Waals surface area contributed by atoms with E-state index in [0.29, 0.717) is 5.02 Å². The van der Waals surface area contributed by atoms with Gasteiger partial charge in [-0.15, -0.1) is 0 Å². The third-order valence-electron chi connectivity index (χ3n) is 2.48. The number of nitrogens with zero attached hydrogens (tertiary/aromatic N) is 2. The fourth-order valence-electron chi connectivity index (χ4n) is 1.39. The monoisotopic (exact) mass is 256 g/mol. The van der Waals surface area contributed by atoms with Crippen molar-refractivity contribution < 1.29 is 9.90 Å². The second-order valence-electron chi connectivity index (χ2n) is 4.09. The van der Waals surface area contributed by atoms with E-state index in [9.17, 15) is 4.79 Å². The van der Waals surface area contributed by atoms with Crippen molar-refractivity contribution in [2.24, 2.45) is 0 Å². The number of rotatable bonds is 4. The number of aliphatic hydroxyl groups is 1. The lowest BCUT2D eigenvalue weighted by Gasteiger charge is -2.22. The molecule has 94 valence electrons. The maximum absolute atomic E-state index is 11.6. The summed E-state index contributed by atoms with van der Waals surface area (Å²) in [6.45, 7) is 0.228. The highest BCUT2D eigenvalue weighted by atomic mass is 35.5.